The summed E-state index contributed by atoms with van der Waals surface area (Å²) in [6, 6.07) is 8.33. The van der Waals surface area contributed by atoms with Crippen LogP contribution in [-0.4, -0.2) is 66.6 Å². The van der Waals surface area contributed by atoms with Crippen molar-refractivity contribution < 1.29 is 0 Å². The molecule has 4 aromatic heterocycles. The largest absolute Gasteiger partial charge is 0.372 e. The quantitative estimate of drug-likeness (QED) is 0.395. The molecule has 1 aliphatic rings. The molecule has 10 heteroatoms. The van der Waals surface area contributed by atoms with Crippen molar-refractivity contribution in [3.8, 4) is 11.3 Å². The molecule has 10 nitrogen and oxygen atoms in total. The lowest BCUT2D eigenvalue weighted by molar-refractivity contribution is 0.216. The predicted molar refractivity (Wildman–Crippen MR) is 140 cm³/mol. The minimum absolute atomic E-state index is 0.0761. The third kappa shape index (κ3) is 3.65. The molecule has 0 amide bonds. The second-order valence-corrected chi connectivity index (χ2v) is 9.55. The normalized spacial score (nSPS) is 15.2. The van der Waals surface area contributed by atoms with Gasteiger partial charge in [-0.05, 0) is 56.9 Å². The van der Waals surface area contributed by atoms with Crippen molar-refractivity contribution >= 4 is 27.6 Å². The molecule has 0 bridgehead atoms. The Balaban J connectivity index is 1.56. The lowest BCUT2D eigenvalue weighted by atomic mass is 10.0. The standard InChI is InChI=1S/C26H29N9O/c1-16-5-4-6-17-11-20(35(26(36)21(16)17)19-7-9-33(3)10-8-19)14-34-25-22(24(27-2)28-15-29-25)23(32-34)18-12-30-31-13-18/h4-6,11-13,15,19H,7-10,14H2,1-3H3,(H,30,31)(H,27,28,29). The number of nitrogens with one attached hydrogen (secondary N) is 2. The second-order valence-electron chi connectivity index (χ2n) is 9.55. The summed E-state index contributed by atoms with van der Waals surface area (Å²) in [6.45, 7) is 4.36. The number of hydrogen-bond acceptors (Lipinski definition) is 7. The molecule has 1 aliphatic heterocycles. The molecule has 5 heterocycles. The number of aryl methyl sites for hydroxylation is 1. The van der Waals surface area contributed by atoms with E-state index >= 15 is 0 Å². The molecule has 0 spiro atoms. The summed E-state index contributed by atoms with van der Waals surface area (Å²) in [4.78, 5) is 25.3. The van der Waals surface area contributed by atoms with Crippen molar-refractivity contribution in [1.82, 2.24) is 39.4 Å². The monoisotopic (exact) mass is 483 g/mol. The Morgan fingerprint density at radius 1 is 1.17 bits per heavy atom. The first kappa shape index (κ1) is 22.4. The Kier molecular flexibility index (Phi) is 5.52. The minimum Gasteiger partial charge on any atom is -0.372 e. The first-order chi connectivity index (χ1) is 17.5. The van der Waals surface area contributed by atoms with Gasteiger partial charge in [0.1, 0.15) is 17.8 Å². The van der Waals surface area contributed by atoms with Crippen LogP contribution in [0.4, 0.5) is 5.82 Å². The number of nitrogens with zero attached hydrogens (tertiary/aromatic N) is 7. The number of hydrogen-bond donors (Lipinski definition) is 2. The lowest BCUT2D eigenvalue weighted by Crippen LogP contribution is -2.37. The number of H-pyrrole nitrogens is 1. The Labute approximate surface area is 208 Å². The Morgan fingerprint density at radius 2 is 2.00 bits per heavy atom. The van der Waals surface area contributed by atoms with Crippen LogP contribution in [0.15, 0.2) is 47.8 Å². The summed E-state index contributed by atoms with van der Waals surface area (Å²) in [7, 11) is 3.97. The third-order valence-electron chi connectivity index (χ3n) is 7.27. The topological polar surface area (TPSA) is 110 Å². The molecule has 6 rings (SSSR count). The van der Waals surface area contributed by atoms with Gasteiger partial charge in [0, 0.05) is 30.5 Å². The molecule has 0 saturated carbocycles. The van der Waals surface area contributed by atoms with Gasteiger partial charge in [-0.1, -0.05) is 18.2 Å². The Morgan fingerprint density at radius 3 is 2.75 bits per heavy atom. The Hall–Kier alpha value is -4.05. The van der Waals surface area contributed by atoms with Crippen molar-refractivity contribution in [1.29, 1.82) is 0 Å². The van der Waals surface area contributed by atoms with E-state index in [0.717, 1.165) is 64.6 Å². The van der Waals surface area contributed by atoms with E-state index in [0.29, 0.717) is 18.0 Å². The molecular weight excluding hydrogens is 454 g/mol. The van der Waals surface area contributed by atoms with E-state index < -0.39 is 0 Å². The van der Waals surface area contributed by atoms with Crippen molar-refractivity contribution in [2.75, 3.05) is 32.5 Å². The van der Waals surface area contributed by atoms with Crippen molar-refractivity contribution in [3.63, 3.8) is 0 Å². The minimum atomic E-state index is 0.0761. The van der Waals surface area contributed by atoms with Gasteiger partial charge in [0.05, 0.1) is 23.5 Å². The van der Waals surface area contributed by atoms with E-state index in [1.54, 1.807) is 12.5 Å². The van der Waals surface area contributed by atoms with E-state index in [2.05, 4.69) is 43.5 Å². The number of benzene rings is 1. The van der Waals surface area contributed by atoms with Gasteiger partial charge in [-0.25, -0.2) is 14.6 Å². The van der Waals surface area contributed by atoms with E-state index in [-0.39, 0.29) is 11.6 Å². The first-order valence-electron chi connectivity index (χ1n) is 12.3. The molecule has 1 aromatic carbocycles. The fourth-order valence-electron chi connectivity index (χ4n) is 5.42. The first-order valence-corrected chi connectivity index (χ1v) is 12.3. The van der Waals surface area contributed by atoms with Crippen molar-refractivity contribution in [2.24, 2.45) is 0 Å². The number of piperidine rings is 1. The average Bonchev–Trinajstić information content (AvgIpc) is 3.53. The number of aromatic amines is 1. The number of rotatable bonds is 5. The van der Waals surface area contributed by atoms with Gasteiger partial charge in [0.15, 0.2) is 5.65 Å². The molecule has 1 saturated heterocycles. The number of aromatic nitrogens is 7. The molecule has 2 N–H and O–H groups in total. The van der Waals surface area contributed by atoms with Crippen LogP contribution in [0.25, 0.3) is 33.1 Å². The van der Waals surface area contributed by atoms with E-state index in [1.165, 1.54) is 0 Å². The van der Waals surface area contributed by atoms with Crippen molar-refractivity contribution in [2.45, 2.75) is 32.4 Å². The third-order valence-corrected chi connectivity index (χ3v) is 7.27. The number of fused-ring (bicyclic) bond motifs is 2. The molecule has 1 fully saturated rings. The zero-order valence-electron chi connectivity index (χ0n) is 20.7. The van der Waals surface area contributed by atoms with Crippen molar-refractivity contribution in [3.05, 3.63) is 64.6 Å². The highest BCUT2D eigenvalue weighted by Gasteiger charge is 2.25. The van der Waals surface area contributed by atoms with Gasteiger partial charge in [-0.15, -0.1) is 0 Å². The molecule has 36 heavy (non-hydrogen) atoms. The smallest absolute Gasteiger partial charge is 0.259 e. The zero-order valence-corrected chi connectivity index (χ0v) is 20.7. The predicted octanol–water partition coefficient (Wildman–Crippen LogP) is 3.20. The SMILES string of the molecule is CNc1ncnc2c1c(-c1cn[nH]c1)nn2Cc1cc2cccc(C)c2c(=O)n1C1CCN(C)CC1. The van der Waals surface area contributed by atoms with Crippen LogP contribution >= 0.6 is 0 Å². The number of pyridine rings is 1. The van der Waals surface area contributed by atoms with Crippen LogP contribution in [0.3, 0.4) is 0 Å². The fourth-order valence-corrected chi connectivity index (χ4v) is 5.42. The highest BCUT2D eigenvalue weighted by Crippen LogP contribution is 2.32. The maximum atomic E-state index is 14.0. The van der Waals surface area contributed by atoms with Crippen LogP contribution in [0.1, 0.15) is 30.1 Å². The summed E-state index contributed by atoms with van der Waals surface area (Å²) in [5.41, 5.74) is 4.31. The van der Waals surface area contributed by atoms with E-state index in [1.807, 2.05) is 47.6 Å². The lowest BCUT2D eigenvalue weighted by Gasteiger charge is -2.32. The van der Waals surface area contributed by atoms with E-state index in [9.17, 15) is 4.79 Å². The maximum Gasteiger partial charge on any atom is 0.259 e. The van der Waals surface area contributed by atoms with Crippen LogP contribution in [-0.2, 0) is 6.54 Å². The van der Waals surface area contributed by atoms with Gasteiger partial charge in [-0.2, -0.15) is 10.2 Å². The Bertz CT molecular complexity index is 1610. The summed E-state index contributed by atoms with van der Waals surface area (Å²) < 4.78 is 3.90. The van der Waals surface area contributed by atoms with Crippen LogP contribution in [0.2, 0.25) is 0 Å². The summed E-state index contributed by atoms with van der Waals surface area (Å²) in [6.07, 6.45) is 6.97. The van der Waals surface area contributed by atoms with Gasteiger partial charge < -0.3 is 14.8 Å². The summed E-state index contributed by atoms with van der Waals surface area (Å²) >= 11 is 0. The zero-order chi connectivity index (χ0) is 24.8. The van der Waals surface area contributed by atoms with Gasteiger partial charge >= 0.3 is 0 Å². The molecular formula is C26H29N9O. The van der Waals surface area contributed by atoms with Crippen LogP contribution in [0, 0.1) is 6.92 Å². The molecule has 0 radical (unpaired) electrons. The highest BCUT2D eigenvalue weighted by atomic mass is 16.1. The number of likely N-dealkylation sites (tertiary alicyclic amines) is 1. The van der Waals surface area contributed by atoms with Crippen LogP contribution in [0.5, 0.6) is 0 Å². The molecule has 0 unspecified atom stereocenters. The van der Waals surface area contributed by atoms with E-state index in [4.69, 9.17) is 5.10 Å². The summed E-state index contributed by atoms with van der Waals surface area (Å²) in [5.74, 6) is 0.698. The molecule has 0 atom stereocenters. The van der Waals surface area contributed by atoms with Gasteiger partial charge in [0.2, 0.25) is 0 Å². The highest BCUT2D eigenvalue weighted by molar-refractivity contribution is 5.98. The second kappa shape index (κ2) is 8.87. The van der Waals surface area contributed by atoms with Gasteiger partial charge in [0.25, 0.3) is 5.56 Å². The van der Waals surface area contributed by atoms with Gasteiger partial charge in [-0.3, -0.25) is 9.89 Å². The molecule has 184 valence electrons. The summed E-state index contributed by atoms with van der Waals surface area (Å²) in [5, 5.41) is 17.7. The molecule has 0 aliphatic carbocycles. The van der Waals surface area contributed by atoms with Crippen LogP contribution < -0.4 is 10.9 Å². The number of anilines is 1. The maximum absolute atomic E-state index is 14.0. The fraction of sp³-hybridized carbons (Fsp3) is 0.346. The molecule has 5 aromatic rings. The average molecular weight is 484 g/mol.